The van der Waals surface area contributed by atoms with Crippen LogP contribution in [0.4, 0.5) is 0 Å². The van der Waals surface area contributed by atoms with E-state index in [0.717, 1.165) is 38.2 Å². The third kappa shape index (κ3) is 3.92. The standard InChI is InChI=1S/C21H29N5O3/c1-20(24-18(27)17-6-11-23-25(17)2)9-14-29-21(19(20)28)7-12-26(13-8-21)15-16-5-3-4-10-22-16/h3-6,10-11,19,28H,7-9,12-15H2,1-2H3,(H,24,27)/t19-,20+/m1/s1. The molecular weight excluding hydrogens is 370 g/mol. The molecule has 0 aromatic carbocycles. The molecule has 29 heavy (non-hydrogen) atoms. The number of ether oxygens (including phenoxy) is 1. The number of nitrogens with one attached hydrogen (secondary N) is 1. The van der Waals surface area contributed by atoms with E-state index in [1.807, 2.05) is 31.3 Å². The number of hydrogen-bond acceptors (Lipinski definition) is 6. The highest BCUT2D eigenvalue weighted by atomic mass is 16.5. The molecule has 8 nitrogen and oxygen atoms in total. The van der Waals surface area contributed by atoms with Crippen molar-refractivity contribution in [3.8, 4) is 0 Å². The molecule has 2 aromatic rings. The van der Waals surface area contributed by atoms with Gasteiger partial charge in [-0.15, -0.1) is 0 Å². The van der Waals surface area contributed by atoms with Gasteiger partial charge in [0.2, 0.25) is 0 Å². The number of aryl methyl sites for hydroxylation is 1. The minimum Gasteiger partial charge on any atom is -0.388 e. The van der Waals surface area contributed by atoms with E-state index in [1.54, 1.807) is 19.3 Å². The molecule has 2 saturated heterocycles. The summed E-state index contributed by atoms with van der Waals surface area (Å²) in [6.45, 7) is 4.86. The number of pyridine rings is 1. The van der Waals surface area contributed by atoms with Crippen LogP contribution in [0.1, 0.15) is 42.4 Å². The van der Waals surface area contributed by atoms with Gasteiger partial charge in [0.05, 0.1) is 16.8 Å². The highest BCUT2D eigenvalue weighted by Crippen LogP contribution is 2.40. The second-order valence-corrected chi connectivity index (χ2v) is 8.37. The van der Waals surface area contributed by atoms with Crippen molar-refractivity contribution in [3.63, 3.8) is 0 Å². The molecule has 1 spiro atoms. The van der Waals surface area contributed by atoms with E-state index in [-0.39, 0.29) is 5.91 Å². The molecule has 2 aliphatic rings. The average Bonchev–Trinajstić information content (AvgIpc) is 3.15. The van der Waals surface area contributed by atoms with Crippen LogP contribution < -0.4 is 5.32 Å². The van der Waals surface area contributed by atoms with Gasteiger partial charge in [-0.25, -0.2) is 0 Å². The molecule has 1 amide bonds. The predicted octanol–water partition coefficient (Wildman–Crippen LogP) is 1.12. The lowest BCUT2D eigenvalue weighted by Gasteiger charge is -2.53. The van der Waals surface area contributed by atoms with Gasteiger partial charge in [0, 0.05) is 45.7 Å². The van der Waals surface area contributed by atoms with E-state index in [1.165, 1.54) is 4.68 Å². The Kier molecular flexibility index (Phi) is 5.42. The van der Waals surface area contributed by atoms with E-state index < -0.39 is 17.2 Å². The molecule has 2 fully saturated rings. The maximum atomic E-state index is 12.7. The molecule has 0 unspecified atom stereocenters. The fourth-order valence-electron chi connectivity index (χ4n) is 4.54. The summed E-state index contributed by atoms with van der Waals surface area (Å²) < 4.78 is 7.69. The molecule has 0 saturated carbocycles. The Balaban J connectivity index is 1.42. The number of piperidine rings is 1. The van der Waals surface area contributed by atoms with Gasteiger partial charge in [0.15, 0.2) is 0 Å². The largest absolute Gasteiger partial charge is 0.388 e. The number of carbonyl (C=O) groups excluding carboxylic acids is 1. The van der Waals surface area contributed by atoms with Gasteiger partial charge in [-0.05, 0) is 44.4 Å². The number of aromatic nitrogens is 3. The highest BCUT2D eigenvalue weighted by Gasteiger charge is 2.53. The lowest BCUT2D eigenvalue weighted by molar-refractivity contribution is -0.206. The Morgan fingerprint density at radius 2 is 2.07 bits per heavy atom. The molecule has 8 heteroatoms. The van der Waals surface area contributed by atoms with E-state index >= 15 is 0 Å². The van der Waals surface area contributed by atoms with Crippen LogP contribution in [0.5, 0.6) is 0 Å². The second kappa shape index (κ2) is 7.85. The third-order valence-electron chi connectivity index (χ3n) is 6.38. The fourth-order valence-corrected chi connectivity index (χ4v) is 4.54. The Hall–Kier alpha value is -2.29. The van der Waals surface area contributed by atoms with Crippen molar-refractivity contribution >= 4 is 5.91 Å². The summed E-state index contributed by atoms with van der Waals surface area (Å²) in [6.07, 6.45) is 4.63. The first kappa shape index (κ1) is 20.0. The molecule has 156 valence electrons. The van der Waals surface area contributed by atoms with Crippen LogP contribution in [0.2, 0.25) is 0 Å². The zero-order valence-electron chi connectivity index (χ0n) is 17.0. The zero-order chi connectivity index (χ0) is 20.5. The molecule has 2 atom stereocenters. The number of carbonyl (C=O) groups is 1. The quantitative estimate of drug-likeness (QED) is 0.801. The third-order valence-corrected chi connectivity index (χ3v) is 6.38. The first-order valence-corrected chi connectivity index (χ1v) is 10.2. The van der Waals surface area contributed by atoms with Crippen molar-refractivity contribution in [3.05, 3.63) is 48.0 Å². The fraction of sp³-hybridized carbons (Fsp3) is 0.571. The molecule has 2 N–H and O–H groups in total. The van der Waals surface area contributed by atoms with Crippen LogP contribution in [0, 0.1) is 0 Å². The average molecular weight is 399 g/mol. The lowest BCUT2D eigenvalue weighted by Crippen LogP contribution is -2.69. The SMILES string of the molecule is Cn1nccc1C(=O)N[C@@]1(C)CCOC2(CCN(Cc3ccccn3)CC2)[C@@H]1O. The Bertz CT molecular complexity index is 847. The van der Waals surface area contributed by atoms with Crippen molar-refractivity contribution in [2.45, 2.75) is 50.0 Å². The number of rotatable bonds is 4. The lowest BCUT2D eigenvalue weighted by atomic mass is 9.73. The predicted molar refractivity (Wildman–Crippen MR) is 107 cm³/mol. The Morgan fingerprint density at radius 3 is 2.72 bits per heavy atom. The van der Waals surface area contributed by atoms with Crippen molar-refractivity contribution in [2.75, 3.05) is 19.7 Å². The number of aliphatic hydroxyl groups excluding tert-OH is 1. The molecule has 0 radical (unpaired) electrons. The summed E-state index contributed by atoms with van der Waals surface area (Å²) >= 11 is 0. The monoisotopic (exact) mass is 399 g/mol. The molecule has 4 rings (SSSR count). The number of amides is 1. The first-order chi connectivity index (χ1) is 13.9. The number of likely N-dealkylation sites (tertiary alicyclic amines) is 1. The molecule has 0 bridgehead atoms. The van der Waals surface area contributed by atoms with Crippen LogP contribution in [0.15, 0.2) is 36.7 Å². The normalized spacial score (nSPS) is 27.1. The van der Waals surface area contributed by atoms with Crippen LogP contribution in [0.3, 0.4) is 0 Å². The summed E-state index contributed by atoms with van der Waals surface area (Å²) in [6, 6.07) is 7.62. The van der Waals surface area contributed by atoms with E-state index in [2.05, 4.69) is 20.3 Å². The molecule has 4 heterocycles. The maximum Gasteiger partial charge on any atom is 0.270 e. The molecular formula is C21H29N5O3. The van der Waals surface area contributed by atoms with E-state index in [9.17, 15) is 9.90 Å². The van der Waals surface area contributed by atoms with Crippen LogP contribution >= 0.6 is 0 Å². The summed E-state index contributed by atoms with van der Waals surface area (Å²) in [5, 5.41) is 18.4. The van der Waals surface area contributed by atoms with Crippen LogP contribution in [-0.2, 0) is 18.3 Å². The van der Waals surface area contributed by atoms with Gasteiger partial charge in [-0.3, -0.25) is 19.4 Å². The van der Waals surface area contributed by atoms with Crippen molar-refractivity contribution < 1.29 is 14.6 Å². The molecule has 2 aromatic heterocycles. The van der Waals surface area contributed by atoms with Gasteiger partial charge >= 0.3 is 0 Å². The number of hydrogen-bond donors (Lipinski definition) is 2. The Morgan fingerprint density at radius 1 is 1.28 bits per heavy atom. The highest BCUT2D eigenvalue weighted by molar-refractivity contribution is 5.93. The second-order valence-electron chi connectivity index (χ2n) is 8.37. The van der Waals surface area contributed by atoms with Gasteiger partial charge in [0.25, 0.3) is 5.91 Å². The minimum atomic E-state index is -0.780. The summed E-state index contributed by atoms with van der Waals surface area (Å²) in [5.41, 5.74) is 0.141. The van der Waals surface area contributed by atoms with Crippen molar-refractivity contribution in [2.24, 2.45) is 7.05 Å². The van der Waals surface area contributed by atoms with Gasteiger partial charge in [-0.1, -0.05) is 6.07 Å². The molecule has 0 aliphatic carbocycles. The number of aliphatic hydroxyl groups is 1. The maximum absolute atomic E-state index is 12.7. The van der Waals surface area contributed by atoms with Gasteiger partial charge in [0.1, 0.15) is 11.8 Å². The van der Waals surface area contributed by atoms with Gasteiger partial charge < -0.3 is 15.2 Å². The summed E-state index contributed by atoms with van der Waals surface area (Å²) in [7, 11) is 1.73. The van der Waals surface area contributed by atoms with Crippen LogP contribution in [0.25, 0.3) is 0 Å². The van der Waals surface area contributed by atoms with Gasteiger partial charge in [-0.2, -0.15) is 5.10 Å². The van der Waals surface area contributed by atoms with E-state index in [0.29, 0.717) is 18.7 Å². The molecule has 2 aliphatic heterocycles. The number of nitrogens with zero attached hydrogens (tertiary/aromatic N) is 4. The smallest absolute Gasteiger partial charge is 0.270 e. The van der Waals surface area contributed by atoms with Crippen LogP contribution in [-0.4, -0.2) is 67.6 Å². The zero-order valence-corrected chi connectivity index (χ0v) is 17.0. The Labute approximate surface area is 170 Å². The summed E-state index contributed by atoms with van der Waals surface area (Å²) in [5.74, 6) is -0.226. The van der Waals surface area contributed by atoms with Crippen molar-refractivity contribution in [1.82, 2.24) is 25.0 Å². The minimum absolute atomic E-state index is 0.226. The van der Waals surface area contributed by atoms with E-state index in [4.69, 9.17) is 4.74 Å². The topological polar surface area (TPSA) is 92.5 Å². The first-order valence-electron chi connectivity index (χ1n) is 10.2. The van der Waals surface area contributed by atoms with Crippen molar-refractivity contribution in [1.29, 1.82) is 0 Å². The summed E-state index contributed by atoms with van der Waals surface area (Å²) in [4.78, 5) is 19.5.